The maximum atomic E-state index is 12.5. The normalized spacial score (nSPS) is 11.4. The van der Waals surface area contributed by atoms with Gasteiger partial charge >= 0.3 is 0 Å². The third kappa shape index (κ3) is 6.44. The molecule has 0 aliphatic carbocycles. The van der Waals surface area contributed by atoms with Crippen LogP contribution in [0.4, 0.5) is 0 Å². The van der Waals surface area contributed by atoms with E-state index in [2.05, 4.69) is 10.9 Å². The van der Waals surface area contributed by atoms with Crippen molar-refractivity contribution in [2.75, 3.05) is 20.7 Å². The number of likely N-dealkylation sites (N-methyl/N-ethyl adjacent to an activating group) is 1. The summed E-state index contributed by atoms with van der Waals surface area (Å²) >= 11 is 0. The number of ether oxygens (including phenoxy) is 1. The molecule has 9 heteroatoms. The number of rotatable bonds is 7. The predicted octanol–water partition coefficient (Wildman–Crippen LogP) is 1.48. The minimum Gasteiger partial charge on any atom is -0.497 e. The molecule has 0 heterocycles. The molecule has 0 atom stereocenters. The number of amides is 2. The summed E-state index contributed by atoms with van der Waals surface area (Å²) in [6, 6.07) is 13.4. The van der Waals surface area contributed by atoms with Crippen LogP contribution in [-0.2, 0) is 19.6 Å². The minimum absolute atomic E-state index is 0.0878. The molecule has 29 heavy (non-hydrogen) atoms. The van der Waals surface area contributed by atoms with Gasteiger partial charge in [0.1, 0.15) is 5.75 Å². The second-order valence-electron chi connectivity index (χ2n) is 6.22. The van der Waals surface area contributed by atoms with Gasteiger partial charge in [-0.3, -0.25) is 20.4 Å². The number of benzene rings is 2. The fraction of sp³-hybridized carbons (Fsp3) is 0.200. The van der Waals surface area contributed by atoms with Crippen molar-refractivity contribution in [2.45, 2.75) is 11.8 Å². The van der Waals surface area contributed by atoms with Crippen molar-refractivity contribution in [3.63, 3.8) is 0 Å². The highest BCUT2D eigenvalue weighted by Crippen LogP contribution is 2.14. The first-order chi connectivity index (χ1) is 13.7. The van der Waals surface area contributed by atoms with E-state index >= 15 is 0 Å². The van der Waals surface area contributed by atoms with Crippen LogP contribution in [0.3, 0.4) is 0 Å². The molecular formula is C20H23N3O5S. The Balaban J connectivity index is 1.85. The molecule has 2 aromatic rings. The number of hydrazine groups is 1. The van der Waals surface area contributed by atoms with Crippen molar-refractivity contribution < 1.29 is 22.7 Å². The number of hydrogen-bond acceptors (Lipinski definition) is 5. The van der Waals surface area contributed by atoms with Crippen molar-refractivity contribution in [3.8, 4) is 5.75 Å². The summed E-state index contributed by atoms with van der Waals surface area (Å²) in [6.45, 7) is 1.40. The molecule has 2 aromatic carbocycles. The van der Waals surface area contributed by atoms with Crippen molar-refractivity contribution in [2.24, 2.45) is 0 Å². The van der Waals surface area contributed by atoms with E-state index in [4.69, 9.17) is 4.74 Å². The van der Waals surface area contributed by atoms with Crippen LogP contribution in [0.1, 0.15) is 11.1 Å². The Hall–Kier alpha value is -3.17. The molecule has 8 nitrogen and oxygen atoms in total. The van der Waals surface area contributed by atoms with Gasteiger partial charge in [0.25, 0.3) is 11.8 Å². The maximum Gasteiger partial charge on any atom is 0.262 e. The van der Waals surface area contributed by atoms with Gasteiger partial charge < -0.3 is 4.74 Å². The zero-order valence-electron chi connectivity index (χ0n) is 16.4. The summed E-state index contributed by atoms with van der Waals surface area (Å²) in [5, 5.41) is 0. The van der Waals surface area contributed by atoms with E-state index in [1.54, 1.807) is 49.6 Å². The summed E-state index contributed by atoms with van der Waals surface area (Å²) in [6.07, 6.45) is 2.81. The van der Waals surface area contributed by atoms with Gasteiger partial charge in [-0.15, -0.1) is 0 Å². The van der Waals surface area contributed by atoms with Crippen LogP contribution in [0.25, 0.3) is 6.08 Å². The Kier molecular flexibility index (Phi) is 7.52. The minimum atomic E-state index is -3.81. The highest BCUT2D eigenvalue weighted by atomic mass is 32.2. The monoisotopic (exact) mass is 417 g/mol. The number of carbonyl (C=O) groups excluding carboxylic acids is 2. The van der Waals surface area contributed by atoms with Crippen LogP contribution in [0, 0.1) is 6.92 Å². The molecule has 2 rings (SSSR count). The fourth-order valence-electron chi connectivity index (χ4n) is 2.28. The first-order valence-electron chi connectivity index (χ1n) is 8.66. The standard InChI is InChI=1S/C20H23N3O5S/c1-15-4-11-18(12-5-15)29(26,27)23(2)14-20(25)22-21-19(24)13-8-16-6-9-17(28-3)10-7-16/h4-13H,14H2,1-3H3,(H,21,24)(H,22,25)/b13-8+. The summed E-state index contributed by atoms with van der Waals surface area (Å²) in [7, 11) is -0.954. The van der Waals surface area contributed by atoms with Crippen LogP contribution in [0.15, 0.2) is 59.5 Å². The lowest BCUT2D eigenvalue weighted by molar-refractivity contribution is -0.126. The SMILES string of the molecule is COc1ccc(/C=C/C(=O)NNC(=O)CN(C)S(=O)(=O)c2ccc(C)cc2)cc1. The van der Waals surface area contributed by atoms with Crippen molar-refractivity contribution in [1.82, 2.24) is 15.2 Å². The van der Waals surface area contributed by atoms with Crippen LogP contribution in [-0.4, -0.2) is 45.2 Å². The van der Waals surface area contributed by atoms with Crippen molar-refractivity contribution in [3.05, 3.63) is 65.7 Å². The molecule has 0 bridgehead atoms. The topological polar surface area (TPSA) is 105 Å². The van der Waals surface area contributed by atoms with Gasteiger partial charge in [-0.2, -0.15) is 4.31 Å². The number of methoxy groups -OCH3 is 1. The molecule has 0 unspecified atom stereocenters. The molecule has 2 amide bonds. The second-order valence-corrected chi connectivity index (χ2v) is 8.26. The number of aryl methyl sites for hydroxylation is 1. The first-order valence-corrected chi connectivity index (χ1v) is 10.1. The molecule has 0 aromatic heterocycles. The predicted molar refractivity (Wildman–Crippen MR) is 109 cm³/mol. The average Bonchev–Trinajstić information content (AvgIpc) is 2.71. The summed E-state index contributed by atoms with van der Waals surface area (Å²) < 4.78 is 30.9. The zero-order chi connectivity index (χ0) is 21.4. The second kappa shape index (κ2) is 9.85. The lowest BCUT2D eigenvalue weighted by atomic mass is 10.2. The molecule has 0 spiro atoms. The number of carbonyl (C=O) groups is 2. The maximum absolute atomic E-state index is 12.5. The van der Waals surface area contributed by atoms with E-state index in [9.17, 15) is 18.0 Å². The summed E-state index contributed by atoms with van der Waals surface area (Å²) in [5.41, 5.74) is 6.09. The van der Waals surface area contributed by atoms with Gasteiger partial charge in [0, 0.05) is 13.1 Å². The Morgan fingerprint density at radius 2 is 1.66 bits per heavy atom. The van der Waals surface area contributed by atoms with Gasteiger partial charge in [-0.25, -0.2) is 8.42 Å². The zero-order valence-corrected chi connectivity index (χ0v) is 17.2. The van der Waals surface area contributed by atoms with Crippen LogP contribution in [0.2, 0.25) is 0 Å². The van der Waals surface area contributed by atoms with Crippen LogP contribution in [0.5, 0.6) is 5.75 Å². The molecular weight excluding hydrogens is 394 g/mol. The first kappa shape index (κ1) is 22.1. The quantitative estimate of drug-likeness (QED) is 0.525. The van der Waals surface area contributed by atoms with Crippen molar-refractivity contribution >= 4 is 27.9 Å². The number of hydrogen-bond donors (Lipinski definition) is 2. The number of sulfonamides is 1. The van der Waals surface area contributed by atoms with Gasteiger partial charge in [-0.1, -0.05) is 29.8 Å². The third-order valence-corrected chi connectivity index (χ3v) is 5.78. The lowest BCUT2D eigenvalue weighted by Gasteiger charge is -2.17. The molecule has 0 saturated carbocycles. The molecule has 0 aliphatic heterocycles. The van der Waals surface area contributed by atoms with Crippen molar-refractivity contribution in [1.29, 1.82) is 0 Å². The molecule has 0 aliphatic rings. The van der Waals surface area contributed by atoms with E-state index in [1.165, 1.54) is 25.3 Å². The van der Waals surface area contributed by atoms with Crippen LogP contribution >= 0.6 is 0 Å². The smallest absolute Gasteiger partial charge is 0.262 e. The fourth-order valence-corrected chi connectivity index (χ4v) is 3.40. The number of nitrogens with zero attached hydrogens (tertiary/aromatic N) is 1. The summed E-state index contributed by atoms with van der Waals surface area (Å²) in [4.78, 5) is 23.9. The molecule has 0 radical (unpaired) electrons. The average molecular weight is 417 g/mol. The third-order valence-electron chi connectivity index (χ3n) is 3.96. The molecule has 154 valence electrons. The molecule has 0 fully saturated rings. The van der Waals surface area contributed by atoms with E-state index in [-0.39, 0.29) is 4.90 Å². The Labute approximate surface area is 170 Å². The summed E-state index contributed by atoms with van der Waals surface area (Å²) in [5.74, 6) is -0.531. The van der Waals surface area contributed by atoms with E-state index < -0.39 is 28.4 Å². The van der Waals surface area contributed by atoms with E-state index in [0.717, 1.165) is 15.4 Å². The number of nitrogens with one attached hydrogen (secondary N) is 2. The Bertz CT molecular complexity index is 984. The Morgan fingerprint density at radius 3 is 2.24 bits per heavy atom. The molecule has 2 N–H and O–H groups in total. The van der Waals surface area contributed by atoms with Crippen LogP contribution < -0.4 is 15.6 Å². The largest absolute Gasteiger partial charge is 0.497 e. The lowest BCUT2D eigenvalue weighted by Crippen LogP contribution is -2.46. The van der Waals surface area contributed by atoms with E-state index in [1.807, 2.05) is 6.92 Å². The Morgan fingerprint density at radius 1 is 1.03 bits per heavy atom. The van der Waals surface area contributed by atoms with Gasteiger partial charge in [-0.05, 0) is 42.8 Å². The van der Waals surface area contributed by atoms with Gasteiger partial charge in [0.2, 0.25) is 10.0 Å². The van der Waals surface area contributed by atoms with Gasteiger partial charge in [0.15, 0.2) is 0 Å². The van der Waals surface area contributed by atoms with E-state index in [0.29, 0.717) is 5.75 Å². The van der Waals surface area contributed by atoms with Gasteiger partial charge in [0.05, 0.1) is 18.6 Å². The highest BCUT2D eigenvalue weighted by Gasteiger charge is 2.22. The molecule has 0 saturated heterocycles. The highest BCUT2D eigenvalue weighted by molar-refractivity contribution is 7.89.